The number of allylic oxidation sites excluding steroid dienone is 1. The maximum Gasteiger partial charge on any atom is 0.340 e. The zero-order valence-electron chi connectivity index (χ0n) is 10.2. The van der Waals surface area contributed by atoms with Crippen LogP contribution in [0.1, 0.15) is 47.5 Å². The van der Waals surface area contributed by atoms with Crippen LogP contribution in [-0.2, 0) is 14.3 Å². The van der Waals surface area contributed by atoms with Crippen LogP contribution in [0.5, 0.6) is 0 Å². The Morgan fingerprint density at radius 3 is 2.27 bits per heavy atom. The van der Waals surface area contributed by atoms with Gasteiger partial charge in [-0.15, -0.1) is 0 Å². The zero-order valence-corrected chi connectivity index (χ0v) is 10.2. The van der Waals surface area contributed by atoms with Gasteiger partial charge in [-0.25, -0.2) is 4.79 Å². The molecule has 0 aromatic rings. The van der Waals surface area contributed by atoms with E-state index in [0.29, 0.717) is 11.3 Å². The molecule has 0 spiro atoms. The van der Waals surface area contributed by atoms with E-state index >= 15 is 0 Å². The minimum absolute atomic E-state index is 0.186. The van der Waals surface area contributed by atoms with Gasteiger partial charge < -0.3 is 9.47 Å². The average molecular weight is 212 g/mol. The molecule has 0 N–H and O–H groups in total. The van der Waals surface area contributed by atoms with Crippen LogP contribution in [0.25, 0.3) is 0 Å². The molecule has 1 aliphatic heterocycles. The fourth-order valence-electron chi connectivity index (χ4n) is 1.45. The SMILES string of the molecule is CCCC1=C(C)OC(C(C)(C)C)OC1=O. The number of ether oxygens (including phenoxy) is 2. The van der Waals surface area contributed by atoms with Crippen molar-refractivity contribution in [3.63, 3.8) is 0 Å². The molecule has 1 unspecified atom stereocenters. The van der Waals surface area contributed by atoms with Crippen molar-refractivity contribution in [1.29, 1.82) is 0 Å². The number of esters is 1. The van der Waals surface area contributed by atoms with Crippen LogP contribution in [0.4, 0.5) is 0 Å². The van der Waals surface area contributed by atoms with E-state index in [2.05, 4.69) is 0 Å². The Bertz CT molecular complexity index is 284. The normalized spacial score (nSPS) is 22.5. The van der Waals surface area contributed by atoms with Gasteiger partial charge in [-0.1, -0.05) is 34.1 Å². The van der Waals surface area contributed by atoms with Gasteiger partial charge in [0.2, 0.25) is 6.29 Å². The molecule has 0 bridgehead atoms. The van der Waals surface area contributed by atoms with Gasteiger partial charge in [0, 0.05) is 5.41 Å². The Morgan fingerprint density at radius 1 is 1.27 bits per heavy atom. The number of carbonyl (C=O) groups excluding carboxylic acids is 1. The van der Waals surface area contributed by atoms with Crippen molar-refractivity contribution in [2.45, 2.75) is 53.8 Å². The van der Waals surface area contributed by atoms with Crippen LogP contribution in [0.15, 0.2) is 11.3 Å². The monoisotopic (exact) mass is 212 g/mol. The van der Waals surface area contributed by atoms with Gasteiger partial charge in [0.1, 0.15) is 5.76 Å². The number of hydrogen-bond acceptors (Lipinski definition) is 3. The van der Waals surface area contributed by atoms with Crippen LogP contribution in [-0.4, -0.2) is 12.3 Å². The van der Waals surface area contributed by atoms with Crippen molar-refractivity contribution >= 4 is 5.97 Å². The molecular formula is C12H20O3. The first-order chi connectivity index (χ1) is 6.86. The summed E-state index contributed by atoms with van der Waals surface area (Å²) in [5.41, 5.74) is 0.493. The molecule has 1 heterocycles. The van der Waals surface area contributed by atoms with Gasteiger partial charge in [0.25, 0.3) is 0 Å². The Labute approximate surface area is 91.4 Å². The van der Waals surface area contributed by atoms with Gasteiger partial charge in [-0.05, 0) is 13.3 Å². The van der Waals surface area contributed by atoms with E-state index in [1.54, 1.807) is 0 Å². The molecule has 0 radical (unpaired) electrons. The molecule has 3 nitrogen and oxygen atoms in total. The van der Waals surface area contributed by atoms with E-state index in [9.17, 15) is 4.79 Å². The van der Waals surface area contributed by atoms with Crippen LogP contribution < -0.4 is 0 Å². The molecule has 0 aliphatic carbocycles. The van der Waals surface area contributed by atoms with E-state index < -0.39 is 6.29 Å². The lowest BCUT2D eigenvalue weighted by Gasteiger charge is -2.34. The highest BCUT2D eigenvalue weighted by Gasteiger charge is 2.35. The van der Waals surface area contributed by atoms with Crippen molar-refractivity contribution < 1.29 is 14.3 Å². The lowest BCUT2D eigenvalue weighted by Crippen LogP contribution is -2.37. The van der Waals surface area contributed by atoms with E-state index in [1.807, 2.05) is 34.6 Å². The highest BCUT2D eigenvalue weighted by molar-refractivity contribution is 5.89. The summed E-state index contributed by atoms with van der Waals surface area (Å²) in [7, 11) is 0. The second-order valence-electron chi connectivity index (χ2n) is 5.01. The average Bonchev–Trinajstić information content (AvgIpc) is 2.09. The van der Waals surface area contributed by atoms with Crippen LogP contribution >= 0.6 is 0 Å². The minimum Gasteiger partial charge on any atom is -0.458 e. The van der Waals surface area contributed by atoms with Crippen molar-refractivity contribution in [3.05, 3.63) is 11.3 Å². The smallest absolute Gasteiger partial charge is 0.340 e. The third kappa shape index (κ3) is 2.74. The highest BCUT2D eigenvalue weighted by atomic mass is 16.7. The molecule has 86 valence electrons. The summed E-state index contributed by atoms with van der Waals surface area (Å²) in [4.78, 5) is 11.7. The molecule has 0 amide bonds. The highest BCUT2D eigenvalue weighted by Crippen LogP contribution is 2.31. The summed E-state index contributed by atoms with van der Waals surface area (Å²) >= 11 is 0. The predicted octanol–water partition coefficient (Wildman–Crippen LogP) is 3.01. The largest absolute Gasteiger partial charge is 0.458 e. The molecule has 0 aromatic heterocycles. The summed E-state index contributed by atoms with van der Waals surface area (Å²) in [5, 5.41) is 0. The van der Waals surface area contributed by atoms with Gasteiger partial charge >= 0.3 is 5.97 Å². The van der Waals surface area contributed by atoms with Gasteiger partial charge in [0.15, 0.2) is 0 Å². The van der Waals surface area contributed by atoms with E-state index in [0.717, 1.165) is 12.8 Å². The molecule has 0 aromatic carbocycles. The lowest BCUT2D eigenvalue weighted by molar-refractivity contribution is -0.197. The predicted molar refractivity (Wildman–Crippen MR) is 58.0 cm³/mol. The van der Waals surface area contributed by atoms with Gasteiger partial charge in [-0.3, -0.25) is 0 Å². The first-order valence-corrected chi connectivity index (χ1v) is 5.43. The van der Waals surface area contributed by atoms with Crippen LogP contribution in [0.3, 0.4) is 0 Å². The van der Waals surface area contributed by atoms with Crippen LogP contribution in [0, 0.1) is 5.41 Å². The molecule has 1 atom stereocenters. The van der Waals surface area contributed by atoms with E-state index in [-0.39, 0.29) is 11.4 Å². The Kier molecular flexibility index (Phi) is 3.42. The van der Waals surface area contributed by atoms with Crippen molar-refractivity contribution in [2.24, 2.45) is 5.41 Å². The fraction of sp³-hybridized carbons (Fsp3) is 0.750. The molecule has 15 heavy (non-hydrogen) atoms. The summed E-state index contributed by atoms with van der Waals surface area (Å²) < 4.78 is 10.9. The number of hydrogen-bond donors (Lipinski definition) is 0. The maximum atomic E-state index is 11.7. The molecule has 1 rings (SSSR count). The van der Waals surface area contributed by atoms with Crippen molar-refractivity contribution in [2.75, 3.05) is 0 Å². The molecule has 1 aliphatic rings. The summed E-state index contributed by atoms with van der Waals surface area (Å²) in [5.74, 6) is 0.494. The van der Waals surface area contributed by atoms with Gasteiger partial charge in [0.05, 0.1) is 5.57 Å². The van der Waals surface area contributed by atoms with E-state index in [4.69, 9.17) is 9.47 Å². The summed E-state index contributed by atoms with van der Waals surface area (Å²) in [6.07, 6.45) is 1.18. The zero-order chi connectivity index (χ0) is 11.6. The number of carbonyl (C=O) groups is 1. The first-order valence-electron chi connectivity index (χ1n) is 5.43. The Morgan fingerprint density at radius 2 is 1.87 bits per heavy atom. The fourth-order valence-corrected chi connectivity index (χ4v) is 1.45. The molecular weight excluding hydrogens is 192 g/mol. The third-order valence-electron chi connectivity index (χ3n) is 2.38. The van der Waals surface area contributed by atoms with Crippen molar-refractivity contribution in [3.8, 4) is 0 Å². The minimum atomic E-state index is -0.467. The van der Waals surface area contributed by atoms with Gasteiger partial charge in [-0.2, -0.15) is 0 Å². The first kappa shape index (κ1) is 12.1. The Balaban J connectivity index is 2.85. The van der Waals surface area contributed by atoms with Crippen molar-refractivity contribution in [1.82, 2.24) is 0 Å². The quantitative estimate of drug-likeness (QED) is 0.660. The molecule has 3 heteroatoms. The molecule has 0 fully saturated rings. The third-order valence-corrected chi connectivity index (χ3v) is 2.38. The molecule has 0 saturated carbocycles. The van der Waals surface area contributed by atoms with Crippen LogP contribution in [0.2, 0.25) is 0 Å². The number of rotatable bonds is 2. The topological polar surface area (TPSA) is 35.5 Å². The standard InChI is InChI=1S/C12H20O3/c1-6-7-9-8(2)14-11(12(3,4)5)15-10(9)13/h11H,6-7H2,1-5H3. The molecule has 0 saturated heterocycles. The summed E-state index contributed by atoms with van der Waals surface area (Å²) in [6, 6.07) is 0. The second kappa shape index (κ2) is 4.25. The summed E-state index contributed by atoms with van der Waals surface area (Å²) in [6.45, 7) is 9.84. The van der Waals surface area contributed by atoms with E-state index in [1.165, 1.54) is 0 Å². The maximum absolute atomic E-state index is 11.7. The number of cyclic esters (lactones) is 1. The lowest BCUT2D eigenvalue weighted by atomic mass is 9.95. The second-order valence-corrected chi connectivity index (χ2v) is 5.01. The Hall–Kier alpha value is -0.990.